The third-order valence-electron chi connectivity index (χ3n) is 3.33. The molecule has 164 valence electrons. The molecule has 0 bridgehead atoms. The molecule has 9 nitrogen and oxygen atoms in total. The van der Waals surface area contributed by atoms with E-state index in [2.05, 4.69) is 13.2 Å². The lowest BCUT2D eigenvalue weighted by molar-refractivity contribution is -0.140. The van der Waals surface area contributed by atoms with E-state index in [9.17, 15) is 14.4 Å². The molecular weight excluding hydrogens is 396 g/mol. The fraction of sp³-hybridized carbons (Fsp3) is 0.381. The molecular formula is C21H26O9. The van der Waals surface area contributed by atoms with Crippen LogP contribution in [0.25, 0.3) is 0 Å². The molecule has 0 aliphatic carbocycles. The first-order chi connectivity index (χ1) is 14.6. The molecule has 0 saturated heterocycles. The molecule has 0 spiro atoms. The zero-order chi connectivity index (χ0) is 22.0. The maximum absolute atomic E-state index is 12.2. The van der Waals surface area contributed by atoms with E-state index in [1.54, 1.807) is 24.3 Å². The Bertz CT molecular complexity index is 699. The van der Waals surface area contributed by atoms with Crippen LogP contribution in [0.15, 0.2) is 49.6 Å². The average molecular weight is 422 g/mol. The standard InChI is InChI=1S/C21H26O9/c1-3-19(22)28-14-10-25-9-13-27-18-8-6-5-7-17(18)21(24)30-16-12-26-11-15-29-20(23)4-2/h3-8H,1-2,9-16H2. The van der Waals surface area contributed by atoms with Crippen LogP contribution in [0.5, 0.6) is 5.75 Å². The summed E-state index contributed by atoms with van der Waals surface area (Å²) in [6.07, 6.45) is 2.14. The van der Waals surface area contributed by atoms with Gasteiger partial charge in [0, 0.05) is 12.2 Å². The third kappa shape index (κ3) is 11.0. The topological polar surface area (TPSA) is 107 Å². The fourth-order valence-electron chi connectivity index (χ4n) is 1.97. The Morgan fingerprint density at radius 2 is 1.20 bits per heavy atom. The van der Waals surface area contributed by atoms with E-state index in [1.165, 1.54) is 0 Å². The predicted molar refractivity (Wildman–Crippen MR) is 106 cm³/mol. The Labute approximate surface area is 175 Å². The van der Waals surface area contributed by atoms with Crippen LogP contribution in [0.4, 0.5) is 0 Å². The van der Waals surface area contributed by atoms with Crippen molar-refractivity contribution in [3.63, 3.8) is 0 Å². The van der Waals surface area contributed by atoms with Crippen molar-refractivity contribution in [1.82, 2.24) is 0 Å². The second-order valence-electron chi connectivity index (χ2n) is 5.45. The molecule has 1 rings (SSSR count). The molecule has 9 heteroatoms. The van der Waals surface area contributed by atoms with Crippen LogP contribution in [0.3, 0.4) is 0 Å². The Balaban J connectivity index is 2.23. The van der Waals surface area contributed by atoms with Crippen molar-refractivity contribution in [3.05, 3.63) is 55.1 Å². The Morgan fingerprint density at radius 1 is 0.700 bits per heavy atom. The van der Waals surface area contributed by atoms with E-state index in [0.29, 0.717) is 5.75 Å². The minimum Gasteiger partial charge on any atom is -0.490 e. The van der Waals surface area contributed by atoms with Gasteiger partial charge in [-0.15, -0.1) is 0 Å². The Hall–Kier alpha value is -3.17. The van der Waals surface area contributed by atoms with Gasteiger partial charge >= 0.3 is 17.9 Å². The van der Waals surface area contributed by atoms with Crippen molar-refractivity contribution in [2.45, 2.75) is 0 Å². The molecule has 0 aliphatic rings. The fourth-order valence-corrected chi connectivity index (χ4v) is 1.97. The van der Waals surface area contributed by atoms with Crippen LogP contribution >= 0.6 is 0 Å². The van der Waals surface area contributed by atoms with Crippen LogP contribution in [0.2, 0.25) is 0 Å². The van der Waals surface area contributed by atoms with E-state index in [0.717, 1.165) is 12.2 Å². The molecule has 0 heterocycles. The summed E-state index contributed by atoms with van der Waals surface area (Å²) < 4.78 is 30.7. The highest BCUT2D eigenvalue weighted by atomic mass is 16.6. The summed E-state index contributed by atoms with van der Waals surface area (Å²) >= 11 is 0. The molecule has 0 N–H and O–H groups in total. The number of ether oxygens (including phenoxy) is 6. The molecule has 1 aromatic carbocycles. The number of benzene rings is 1. The molecule has 0 radical (unpaired) electrons. The highest BCUT2D eigenvalue weighted by molar-refractivity contribution is 5.92. The van der Waals surface area contributed by atoms with Gasteiger partial charge in [0.25, 0.3) is 0 Å². The van der Waals surface area contributed by atoms with Crippen LogP contribution in [0.1, 0.15) is 10.4 Å². The molecule has 30 heavy (non-hydrogen) atoms. The second kappa shape index (κ2) is 15.7. The van der Waals surface area contributed by atoms with Gasteiger partial charge in [0.15, 0.2) is 0 Å². The Morgan fingerprint density at radius 3 is 1.77 bits per heavy atom. The molecule has 0 amide bonds. The molecule has 0 unspecified atom stereocenters. The van der Waals surface area contributed by atoms with Crippen molar-refractivity contribution >= 4 is 17.9 Å². The predicted octanol–water partition coefficient (Wildman–Crippen LogP) is 1.71. The van der Waals surface area contributed by atoms with Crippen LogP contribution in [-0.4, -0.2) is 70.8 Å². The highest BCUT2D eigenvalue weighted by Gasteiger charge is 2.13. The van der Waals surface area contributed by atoms with Gasteiger partial charge in [-0.2, -0.15) is 0 Å². The maximum atomic E-state index is 12.2. The van der Waals surface area contributed by atoms with Crippen molar-refractivity contribution < 1.29 is 42.8 Å². The maximum Gasteiger partial charge on any atom is 0.342 e. The first-order valence-corrected chi connectivity index (χ1v) is 9.21. The minimum atomic E-state index is -0.551. The Kier molecular flexibility index (Phi) is 13.0. The van der Waals surface area contributed by atoms with E-state index in [4.69, 9.17) is 28.4 Å². The quantitative estimate of drug-likeness (QED) is 0.170. The van der Waals surface area contributed by atoms with Gasteiger partial charge in [-0.1, -0.05) is 25.3 Å². The first kappa shape index (κ1) is 24.9. The summed E-state index contributed by atoms with van der Waals surface area (Å²) in [6.45, 7) is 7.83. The van der Waals surface area contributed by atoms with E-state index >= 15 is 0 Å². The molecule has 0 aromatic heterocycles. The zero-order valence-corrected chi connectivity index (χ0v) is 16.7. The highest BCUT2D eigenvalue weighted by Crippen LogP contribution is 2.18. The zero-order valence-electron chi connectivity index (χ0n) is 16.7. The molecule has 1 aromatic rings. The summed E-state index contributed by atoms with van der Waals surface area (Å²) in [7, 11) is 0. The second-order valence-corrected chi connectivity index (χ2v) is 5.45. The summed E-state index contributed by atoms with van der Waals surface area (Å²) in [5.74, 6) is -1.22. The average Bonchev–Trinajstić information content (AvgIpc) is 2.77. The molecule has 0 saturated carbocycles. The summed E-state index contributed by atoms with van der Waals surface area (Å²) in [5, 5.41) is 0. The van der Waals surface area contributed by atoms with E-state index < -0.39 is 17.9 Å². The summed E-state index contributed by atoms with van der Waals surface area (Å²) in [6, 6.07) is 6.66. The number of hydrogen-bond donors (Lipinski definition) is 0. The van der Waals surface area contributed by atoms with E-state index in [-0.39, 0.29) is 58.4 Å². The van der Waals surface area contributed by atoms with Gasteiger partial charge in [0.05, 0.1) is 26.4 Å². The molecule has 0 aliphatic heterocycles. The normalized spacial score (nSPS) is 10.0. The van der Waals surface area contributed by atoms with Gasteiger partial charge in [-0.3, -0.25) is 0 Å². The number of hydrogen-bond acceptors (Lipinski definition) is 9. The monoisotopic (exact) mass is 422 g/mol. The SMILES string of the molecule is C=CC(=O)OCCOCCOC(=O)c1ccccc1OCCOCCOC(=O)C=C. The lowest BCUT2D eigenvalue weighted by atomic mass is 10.2. The number of esters is 3. The van der Waals surface area contributed by atoms with Crippen molar-refractivity contribution in [2.24, 2.45) is 0 Å². The number of carbonyl (C=O) groups excluding carboxylic acids is 3. The van der Waals surface area contributed by atoms with Gasteiger partial charge < -0.3 is 28.4 Å². The third-order valence-corrected chi connectivity index (χ3v) is 3.33. The van der Waals surface area contributed by atoms with Crippen molar-refractivity contribution in [2.75, 3.05) is 52.9 Å². The van der Waals surface area contributed by atoms with Crippen molar-refractivity contribution in [3.8, 4) is 5.75 Å². The summed E-state index contributed by atoms with van der Waals surface area (Å²) in [5.41, 5.74) is 0.275. The first-order valence-electron chi connectivity index (χ1n) is 9.21. The lowest BCUT2D eigenvalue weighted by Gasteiger charge is -2.12. The molecule has 0 fully saturated rings. The van der Waals surface area contributed by atoms with Crippen molar-refractivity contribution in [1.29, 1.82) is 0 Å². The number of carbonyl (C=O) groups is 3. The van der Waals surface area contributed by atoms with Gasteiger partial charge in [-0.25, -0.2) is 14.4 Å². The summed E-state index contributed by atoms with van der Waals surface area (Å²) in [4.78, 5) is 33.9. The van der Waals surface area contributed by atoms with Crippen LogP contribution < -0.4 is 4.74 Å². The van der Waals surface area contributed by atoms with Gasteiger partial charge in [0.2, 0.25) is 0 Å². The van der Waals surface area contributed by atoms with Gasteiger partial charge in [0.1, 0.15) is 37.7 Å². The smallest absolute Gasteiger partial charge is 0.342 e. The minimum absolute atomic E-state index is 0.0368. The lowest BCUT2D eigenvalue weighted by Crippen LogP contribution is -2.16. The largest absolute Gasteiger partial charge is 0.490 e. The van der Waals surface area contributed by atoms with Gasteiger partial charge in [-0.05, 0) is 12.1 Å². The number of para-hydroxylation sites is 1. The van der Waals surface area contributed by atoms with Crippen LogP contribution in [0, 0.1) is 0 Å². The number of rotatable bonds is 16. The molecule has 0 atom stereocenters. The van der Waals surface area contributed by atoms with E-state index in [1.807, 2.05) is 0 Å². The van der Waals surface area contributed by atoms with Crippen LogP contribution in [-0.2, 0) is 33.3 Å².